The fourth-order valence-corrected chi connectivity index (χ4v) is 2.29. The summed E-state index contributed by atoms with van der Waals surface area (Å²) in [6, 6.07) is 3.16. The number of amides is 1. The molecule has 0 saturated heterocycles. The Morgan fingerprint density at radius 2 is 2.00 bits per heavy atom. The molecule has 0 bridgehead atoms. The standard InChI is InChI=1S/C15H19FN2O3/c1-9(2)10(3)17(11-4-5-11)15(19)13-8-12(18(20)21)6-7-14(13)16/h6-11H,4-5H2,1-3H3. The highest BCUT2D eigenvalue weighted by atomic mass is 19.1. The molecule has 0 heterocycles. The van der Waals surface area contributed by atoms with Crippen LogP contribution in [-0.2, 0) is 0 Å². The molecule has 21 heavy (non-hydrogen) atoms. The molecule has 0 aromatic heterocycles. The average Bonchev–Trinajstić information content (AvgIpc) is 3.23. The predicted molar refractivity (Wildman–Crippen MR) is 76.5 cm³/mol. The van der Waals surface area contributed by atoms with Crippen LogP contribution in [0.5, 0.6) is 0 Å². The van der Waals surface area contributed by atoms with Crippen LogP contribution in [0.15, 0.2) is 18.2 Å². The number of hydrogen-bond acceptors (Lipinski definition) is 3. The molecular formula is C15H19FN2O3. The van der Waals surface area contributed by atoms with Gasteiger partial charge in [-0.05, 0) is 31.7 Å². The van der Waals surface area contributed by atoms with Gasteiger partial charge in [0.1, 0.15) is 5.82 Å². The maximum Gasteiger partial charge on any atom is 0.270 e. The molecule has 1 aliphatic rings. The van der Waals surface area contributed by atoms with Gasteiger partial charge in [0, 0.05) is 24.2 Å². The quantitative estimate of drug-likeness (QED) is 0.617. The Balaban J connectivity index is 2.37. The van der Waals surface area contributed by atoms with Gasteiger partial charge in [-0.25, -0.2) is 4.39 Å². The minimum Gasteiger partial charge on any atom is -0.333 e. The van der Waals surface area contributed by atoms with Crippen molar-refractivity contribution in [2.45, 2.75) is 45.7 Å². The van der Waals surface area contributed by atoms with Gasteiger partial charge >= 0.3 is 0 Å². The van der Waals surface area contributed by atoms with E-state index in [1.807, 2.05) is 20.8 Å². The van der Waals surface area contributed by atoms with Crippen LogP contribution < -0.4 is 0 Å². The van der Waals surface area contributed by atoms with E-state index in [4.69, 9.17) is 0 Å². The molecule has 1 fully saturated rings. The largest absolute Gasteiger partial charge is 0.333 e. The normalized spacial score (nSPS) is 15.9. The lowest BCUT2D eigenvalue weighted by Crippen LogP contribution is -2.43. The van der Waals surface area contributed by atoms with Gasteiger partial charge in [-0.15, -0.1) is 0 Å². The number of rotatable bonds is 5. The van der Waals surface area contributed by atoms with Crippen molar-refractivity contribution in [3.63, 3.8) is 0 Å². The lowest BCUT2D eigenvalue weighted by atomic mass is 10.0. The van der Waals surface area contributed by atoms with E-state index < -0.39 is 16.6 Å². The summed E-state index contributed by atoms with van der Waals surface area (Å²) in [7, 11) is 0. The van der Waals surface area contributed by atoms with E-state index in [1.54, 1.807) is 4.90 Å². The summed E-state index contributed by atoms with van der Waals surface area (Å²) in [6.07, 6.45) is 1.80. The van der Waals surface area contributed by atoms with Crippen LogP contribution in [0.25, 0.3) is 0 Å². The molecule has 0 aliphatic heterocycles. The number of benzene rings is 1. The average molecular weight is 294 g/mol. The molecule has 1 aromatic carbocycles. The lowest BCUT2D eigenvalue weighted by Gasteiger charge is -2.32. The van der Waals surface area contributed by atoms with E-state index in [1.165, 1.54) is 0 Å². The molecule has 1 amide bonds. The van der Waals surface area contributed by atoms with Crippen LogP contribution in [0.4, 0.5) is 10.1 Å². The highest BCUT2D eigenvalue weighted by Gasteiger charge is 2.38. The van der Waals surface area contributed by atoms with Crippen LogP contribution >= 0.6 is 0 Å². The molecule has 1 atom stereocenters. The second kappa shape index (κ2) is 5.79. The predicted octanol–water partition coefficient (Wildman–Crippen LogP) is 3.38. The molecule has 0 N–H and O–H groups in total. The Kier molecular flexibility index (Phi) is 4.25. The maximum absolute atomic E-state index is 13.9. The first-order valence-corrected chi connectivity index (χ1v) is 7.09. The Labute approximate surface area is 122 Å². The number of nitro benzene ring substituents is 1. The number of nitro groups is 1. The van der Waals surface area contributed by atoms with Crippen LogP contribution in [0.1, 0.15) is 44.0 Å². The molecule has 1 unspecified atom stereocenters. The van der Waals surface area contributed by atoms with Crippen LogP contribution in [0.2, 0.25) is 0 Å². The van der Waals surface area contributed by atoms with Gasteiger partial charge in [0.05, 0.1) is 10.5 Å². The Bertz CT molecular complexity index is 570. The van der Waals surface area contributed by atoms with Crippen molar-refractivity contribution in [2.24, 2.45) is 5.92 Å². The van der Waals surface area contributed by atoms with Gasteiger partial charge < -0.3 is 4.90 Å². The van der Waals surface area contributed by atoms with Gasteiger partial charge in [0.2, 0.25) is 0 Å². The molecule has 1 aliphatic carbocycles. The highest BCUT2D eigenvalue weighted by Crippen LogP contribution is 2.33. The number of nitrogens with zero attached hydrogens (tertiary/aromatic N) is 2. The first kappa shape index (κ1) is 15.4. The summed E-state index contributed by atoms with van der Waals surface area (Å²) in [4.78, 5) is 24.5. The van der Waals surface area contributed by atoms with E-state index in [-0.39, 0.29) is 29.3 Å². The number of hydrogen-bond donors (Lipinski definition) is 0. The molecule has 2 rings (SSSR count). The zero-order valence-corrected chi connectivity index (χ0v) is 12.4. The van der Waals surface area contributed by atoms with Crippen molar-refractivity contribution in [1.29, 1.82) is 0 Å². The molecule has 1 saturated carbocycles. The fraction of sp³-hybridized carbons (Fsp3) is 0.533. The molecule has 114 valence electrons. The minimum atomic E-state index is -0.716. The smallest absolute Gasteiger partial charge is 0.270 e. The van der Waals surface area contributed by atoms with E-state index in [0.717, 1.165) is 31.0 Å². The van der Waals surface area contributed by atoms with Crippen molar-refractivity contribution in [2.75, 3.05) is 0 Å². The summed E-state index contributed by atoms with van der Waals surface area (Å²) < 4.78 is 13.9. The molecule has 1 aromatic rings. The monoisotopic (exact) mass is 294 g/mol. The highest BCUT2D eigenvalue weighted by molar-refractivity contribution is 5.95. The molecular weight excluding hydrogens is 275 g/mol. The van der Waals surface area contributed by atoms with E-state index in [9.17, 15) is 19.3 Å². The third kappa shape index (κ3) is 3.20. The number of carbonyl (C=O) groups is 1. The van der Waals surface area contributed by atoms with Crippen molar-refractivity contribution >= 4 is 11.6 Å². The van der Waals surface area contributed by atoms with Crippen molar-refractivity contribution < 1.29 is 14.1 Å². The van der Waals surface area contributed by atoms with Gasteiger partial charge in [-0.3, -0.25) is 14.9 Å². The minimum absolute atomic E-state index is 0.0383. The van der Waals surface area contributed by atoms with Crippen LogP contribution in [-0.4, -0.2) is 27.8 Å². The molecule has 5 nitrogen and oxygen atoms in total. The second-order valence-electron chi connectivity index (χ2n) is 5.85. The van der Waals surface area contributed by atoms with E-state index in [0.29, 0.717) is 0 Å². The molecule has 0 radical (unpaired) electrons. The van der Waals surface area contributed by atoms with Gasteiger partial charge in [0.15, 0.2) is 0 Å². The molecule has 0 spiro atoms. The second-order valence-corrected chi connectivity index (χ2v) is 5.85. The summed E-state index contributed by atoms with van der Waals surface area (Å²) in [5.74, 6) is -0.941. The first-order valence-electron chi connectivity index (χ1n) is 7.09. The summed E-state index contributed by atoms with van der Waals surface area (Å²) in [5, 5.41) is 10.8. The summed E-state index contributed by atoms with van der Waals surface area (Å²) >= 11 is 0. The van der Waals surface area contributed by atoms with Crippen LogP contribution in [0.3, 0.4) is 0 Å². The topological polar surface area (TPSA) is 63.5 Å². The summed E-state index contributed by atoms with van der Waals surface area (Å²) in [6.45, 7) is 5.92. The number of carbonyl (C=O) groups excluding carboxylic acids is 1. The van der Waals surface area contributed by atoms with Crippen LogP contribution in [0, 0.1) is 21.8 Å². The SMILES string of the molecule is CC(C)C(C)N(C(=O)c1cc([N+](=O)[O-])ccc1F)C1CC1. The van der Waals surface area contributed by atoms with Crippen molar-refractivity contribution in [3.8, 4) is 0 Å². The lowest BCUT2D eigenvalue weighted by molar-refractivity contribution is -0.384. The zero-order valence-electron chi connectivity index (χ0n) is 12.4. The van der Waals surface area contributed by atoms with Gasteiger partial charge in [-0.2, -0.15) is 0 Å². The Hall–Kier alpha value is -1.98. The third-order valence-corrected chi connectivity index (χ3v) is 3.97. The fourth-order valence-electron chi connectivity index (χ4n) is 2.29. The van der Waals surface area contributed by atoms with Gasteiger partial charge in [0.25, 0.3) is 11.6 Å². The third-order valence-electron chi connectivity index (χ3n) is 3.97. The summed E-state index contributed by atoms with van der Waals surface area (Å²) in [5.41, 5.74) is -0.490. The van der Waals surface area contributed by atoms with E-state index >= 15 is 0 Å². The van der Waals surface area contributed by atoms with E-state index in [2.05, 4.69) is 0 Å². The molecule has 6 heteroatoms. The Morgan fingerprint density at radius 1 is 1.38 bits per heavy atom. The van der Waals surface area contributed by atoms with Crippen molar-refractivity contribution in [3.05, 3.63) is 39.7 Å². The van der Waals surface area contributed by atoms with Crippen molar-refractivity contribution in [1.82, 2.24) is 4.90 Å². The zero-order chi connectivity index (χ0) is 15.7. The first-order chi connectivity index (χ1) is 9.82. The van der Waals surface area contributed by atoms with Gasteiger partial charge in [-0.1, -0.05) is 13.8 Å². The maximum atomic E-state index is 13.9. The number of halogens is 1. The number of non-ortho nitro benzene ring substituents is 1. The Morgan fingerprint density at radius 3 is 2.48 bits per heavy atom.